The van der Waals surface area contributed by atoms with E-state index in [4.69, 9.17) is 11.6 Å². The summed E-state index contributed by atoms with van der Waals surface area (Å²) in [7, 11) is 0. The molecule has 0 saturated carbocycles. The summed E-state index contributed by atoms with van der Waals surface area (Å²) < 4.78 is 1.31. The van der Waals surface area contributed by atoms with Gasteiger partial charge in [0, 0.05) is 5.56 Å². The number of hydrogen-bond donors (Lipinski definition) is 2. The summed E-state index contributed by atoms with van der Waals surface area (Å²) in [6.07, 6.45) is 0. The lowest BCUT2D eigenvalue weighted by Gasteiger charge is -2.44. The number of nitrogens with zero attached hydrogens (tertiary/aromatic N) is 3. The van der Waals surface area contributed by atoms with Gasteiger partial charge in [-0.15, -0.1) is 11.6 Å². The van der Waals surface area contributed by atoms with Gasteiger partial charge < -0.3 is 5.11 Å². The molecule has 8 nitrogen and oxygen atoms in total. The number of phenolic OH excluding ortho intramolecular Hbond substituents is 1. The number of amides is 2. The number of alkyl halides is 1. The predicted molar refractivity (Wildman–Crippen MR) is 106 cm³/mol. The Hall–Kier alpha value is -3.39. The van der Waals surface area contributed by atoms with Crippen LogP contribution in [0.2, 0.25) is 0 Å². The number of hydrazine groups is 1. The molecule has 2 aromatic carbocycles. The maximum Gasteiger partial charge on any atom is 0.272 e. The van der Waals surface area contributed by atoms with Crippen molar-refractivity contribution in [2.75, 3.05) is 0 Å². The molecule has 1 aromatic heterocycles. The first kappa shape index (κ1) is 18.9. The minimum Gasteiger partial charge on any atom is -0.508 e. The number of carbonyl (C=O) groups is 2. The highest BCUT2D eigenvalue weighted by Gasteiger charge is 2.49. The third kappa shape index (κ3) is 3.21. The van der Waals surface area contributed by atoms with Crippen molar-refractivity contribution in [2.24, 2.45) is 0 Å². The van der Waals surface area contributed by atoms with Crippen molar-refractivity contribution >= 4 is 34.4 Å². The quantitative estimate of drug-likeness (QED) is 0.500. The van der Waals surface area contributed by atoms with Crippen LogP contribution in [0.4, 0.5) is 0 Å². The number of rotatable bonds is 4. The maximum atomic E-state index is 12.6. The molecule has 2 N–H and O–H groups in total. The Morgan fingerprint density at radius 1 is 1.17 bits per heavy atom. The SMILES string of the molecule is Cc1nc2ccccc2n(CC(=O)NN2C(=O)C(Cl)C2c2ccccc2O)c1=O. The van der Waals surface area contributed by atoms with Crippen LogP contribution in [0.3, 0.4) is 0 Å². The number of benzene rings is 2. The Kier molecular flexibility index (Phi) is 4.71. The van der Waals surface area contributed by atoms with Gasteiger partial charge in [-0.05, 0) is 25.1 Å². The summed E-state index contributed by atoms with van der Waals surface area (Å²) in [5, 5.41) is 10.2. The fourth-order valence-corrected chi connectivity index (χ4v) is 3.76. The summed E-state index contributed by atoms with van der Waals surface area (Å²) in [4.78, 5) is 41.6. The van der Waals surface area contributed by atoms with E-state index in [9.17, 15) is 19.5 Å². The van der Waals surface area contributed by atoms with Gasteiger partial charge in [0.05, 0.1) is 11.0 Å². The molecule has 1 aliphatic rings. The molecule has 148 valence electrons. The number of para-hydroxylation sites is 3. The number of nitrogens with one attached hydrogen (secondary N) is 1. The van der Waals surface area contributed by atoms with Crippen LogP contribution in [0, 0.1) is 6.92 Å². The van der Waals surface area contributed by atoms with E-state index in [0.717, 1.165) is 5.01 Å². The van der Waals surface area contributed by atoms with E-state index in [1.807, 2.05) is 0 Å². The van der Waals surface area contributed by atoms with Gasteiger partial charge in [0.15, 0.2) is 0 Å². The standard InChI is InChI=1S/C20H17ClN4O4/c1-11-19(28)24(14-8-4-3-7-13(14)22-11)10-16(27)23-25-18(17(21)20(25)29)12-6-2-5-9-15(12)26/h2-9,17-18,26H,10H2,1H3,(H,23,27). The van der Waals surface area contributed by atoms with Gasteiger partial charge in [-0.2, -0.15) is 0 Å². The van der Waals surface area contributed by atoms with E-state index >= 15 is 0 Å². The summed E-state index contributed by atoms with van der Waals surface area (Å²) in [6, 6.07) is 12.7. The highest BCUT2D eigenvalue weighted by atomic mass is 35.5. The lowest BCUT2D eigenvalue weighted by atomic mass is 9.94. The number of hydrogen-bond acceptors (Lipinski definition) is 5. The predicted octanol–water partition coefficient (Wildman–Crippen LogP) is 1.63. The van der Waals surface area contributed by atoms with Gasteiger partial charge in [0.1, 0.15) is 29.4 Å². The maximum absolute atomic E-state index is 12.6. The highest BCUT2D eigenvalue weighted by molar-refractivity contribution is 6.33. The van der Waals surface area contributed by atoms with Crippen molar-refractivity contribution in [2.45, 2.75) is 24.9 Å². The number of aromatic nitrogens is 2. The van der Waals surface area contributed by atoms with Crippen molar-refractivity contribution in [3.63, 3.8) is 0 Å². The fraction of sp³-hybridized carbons (Fsp3) is 0.200. The normalized spacial score (nSPS) is 18.6. The first-order valence-corrected chi connectivity index (χ1v) is 9.33. The average molecular weight is 413 g/mol. The number of aromatic hydroxyl groups is 1. The van der Waals surface area contributed by atoms with E-state index in [0.29, 0.717) is 16.6 Å². The van der Waals surface area contributed by atoms with Crippen LogP contribution in [0.25, 0.3) is 11.0 Å². The smallest absolute Gasteiger partial charge is 0.272 e. The fourth-order valence-electron chi connectivity index (χ4n) is 3.40. The van der Waals surface area contributed by atoms with Crippen LogP contribution in [-0.2, 0) is 16.1 Å². The first-order valence-electron chi connectivity index (χ1n) is 8.89. The summed E-state index contributed by atoms with van der Waals surface area (Å²) in [5.74, 6) is -1.08. The Morgan fingerprint density at radius 3 is 2.62 bits per heavy atom. The minimum atomic E-state index is -0.907. The number of carbonyl (C=O) groups excluding carboxylic acids is 2. The van der Waals surface area contributed by atoms with Gasteiger partial charge in [-0.1, -0.05) is 30.3 Å². The summed E-state index contributed by atoms with van der Waals surface area (Å²) in [5.41, 5.74) is 3.91. The molecule has 0 radical (unpaired) electrons. The van der Waals surface area contributed by atoms with Crippen LogP contribution in [0.15, 0.2) is 53.3 Å². The number of β-lactam (4-membered cyclic amide) rings is 1. The second-order valence-corrected chi connectivity index (χ2v) is 7.20. The first-order chi connectivity index (χ1) is 13.9. The molecule has 9 heteroatoms. The zero-order valence-corrected chi connectivity index (χ0v) is 16.1. The Morgan fingerprint density at radius 2 is 1.86 bits per heavy atom. The van der Waals surface area contributed by atoms with E-state index in [2.05, 4.69) is 10.4 Å². The van der Waals surface area contributed by atoms with Crippen molar-refractivity contribution in [3.05, 3.63) is 70.1 Å². The molecule has 29 heavy (non-hydrogen) atoms. The molecule has 1 aliphatic heterocycles. The van der Waals surface area contributed by atoms with Crippen LogP contribution in [0.5, 0.6) is 5.75 Å². The molecule has 3 aromatic rings. The molecule has 2 atom stereocenters. The largest absolute Gasteiger partial charge is 0.508 e. The average Bonchev–Trinajstić information content (AvgIpc) is 2.72. The minimum absolute atomic E-state index is 0.0260. The molecule has 2 unspecified atom stereocenters. The van der Waals surface area contributed by atoms with Gasteiger partial charge in [0.25, 0.3) is 17.4 Å². The molecule has 1 fully saturated rings. The van der Waals surface area contributed by atoms with Crippen molar-refractivity contribution in [1.29, 1.82) is 0 Å². The van der Waals surface area contributed by atoms with E-state index in [1.165, 1.54) is 10.6 Å². The van der Waals surface area contributed by atoms with Gasteiger partial charge in [-0.3, -0.25) is 24.4 Å². The van der Waals surface area contributed by atoms with Crippen molar-refractivity contribution in [1.82, 2.24) is 20.0 Å². The topological polar surface area (TPSA) is 105 Å². The monoisotopic (exact) mass is 412 g/mol. The molecule has 0 bridgehead atoms. The lowest BCUT2D eigenvalue weighted by Crippen LogP contribution is -2.63. The van der Waals surface area contributed by atoms with E-state index < -0.39 is 23.2 Å². The molecule has 2 amide bonds. The summed E-state index contributed by atoms with van der Waals surface area (Å²) >= 11 is 6.12. The molecule has 0 aliphatic carbocycles. The van der Waals surface area contributed by atoms with Crippen LogP contribution < -0.4 is 11.0 Å². The number of aryl methyl sites for hydroxylation is 1. The highest BCUT2D eigenvalue weighted by Crippen LogP contribution is 2.40. The zero-order valence-electron chi connectivity index (χ0n) is 15.4. The summed E-state index contributed by atoms with van der Waals surface area (Å²) in [6.45, 7) is 1.28. The van der Waals surface area contributed by atoms with Gasteiger partial charge in [0.2, 0.25) is 0 Å². The molecule has 0 spiro atoms. The Balaban J connectivity index is 1.60. The van der Waals surface area contributed by atoms with E-state index in [1.54, 1.807) is 49.4 Å². The second kappa shape index (κ2) is 7.21. The molecule has 1 saturated heterocycles. The molecule has 2 heterocycles. The third-order valence-electron chi connectivity index (χ3n) is 4.85. The van der Waals surface area contributed by atoms with Gasteiger partial charge >= 0.3 is 0 Å². The Bertz CT molecular complexity index is 1190. The number of fused-ring (bicyclic) bond motifs is 1. The van der Waals surface area contributed by atoms with Crippen molar-refractivity contribution < 1.29 is 14.7 Å². The van der Waals surface area contributed by atoms with E-state index in [-0.39, 0.29) is 23.5 Å². The Labute approximate surface area is 170 Å². The van der Waals surface area contributed by atoms with Crippen molar-refractivity contribution in [3.8, 4) is 5.75 Å². The van der Waals surface area contributed by atoms with Gasteiger partial charge in [-0.25, -0.2) is 9.99 Å². The van der Waals surface area contributed by atoms with Crippen LogP contribution in [-0.4, -0.2) is 36.9 Å². The molecule has 4 rings (SSSR count). The number of phenols is 1. The third-order valence-corrected chi connectivity index (χ3v) is 5.27. The number of halogens is 1. The second-order valence-electron chi connectivity index (χ2n) is 6.73. The molecular weight excluding hydrogens is 396 g/mol. The molecular formula is C20H17ClN4O4. The zero-order chi connectivity index (χ0) is 20.7. The van der Waals surface area contributed by atoms with Crippen LogP contribution >= 0.6 is 11.6 Å². The van der Waals surface area contributed by atoms with Crippen LogP contribution in [0.1, 0.15) is 17.3 Å². The lowest BCUT2D eigenvalue weighted by molar-refractivity contribution is -0.156.